The van der Waals surface area contributed by atoms with Crippen molar-refractivity contribution >= 4 is 5.78 Å². The molecule has 1 rings (SSSR count). The summed E-state index contributed by atoms with van der Waals surface area (Å²) >= 11 is 0. The van der Waals surface area contributed by atoms with Crippen LogP contribution in [0, 0.1) is 12.7 Å². The van der Waals surface area contributed by atoms with E-state index in [0.717, 1.165) is 6.07 Å². The first-order valence-corrected chi connectivity index (χ1v) is 5.23. The van der Waals surface area contributed by atoms with Crippen LogP contribution in [0.5, 0.6) is 0 Å². The average molecular weight is 264 g/mol. The summed E-state index contributed by atoms with van der Waals surface area (Å²) in [5.41, 5.74) is 0.720. The number of ether oxygens (including phenoxy) is 1. The van der Waals surface area contributed by atoms with Gasteiger partial charge in [-0.3, -0.25) is 4.79 Å². The third-order valence-electron chi connectivity index (χ3n) is 2.10. The predicted octanol–water partition coefficient (Wildman–Crippen LogP) is 3.29. The SMILES string of the molecule is Cc1cc(F)cc(C(=O)CCOCC(F)(F)F)c1. The number of benzene rings is 1. The maximum Gasteiger partial charge on any atom is 0.411 e. The molecular weight excluding hydrogens is 252 g/mol. The van der Waals surface area contributed by atoms with E-state index in [-0.39, 0.29) is 18.6 Å². The number of ketones is 1. The Kier molecular flexibility index (Phi) is 4.84. The number of Topliss-reactive ketones (excluding diaryl/α,β-unsaturated/α-hetero) is 1. The maximum absolute atomic E-state index is 13.0. The van der Waals surface area contributed by atoms with Crippen molar-refractivity contribution in [2.75, 3.05) is 13.2 Å². The van der Waals surface area contributed by atoms with Crippen molar-refractivity contribution in [2.24, 2.45) is 0 Å². The summed E-state index contributed by atoms with van der Waals surface area (Å²) in [6.07, 6.45) is -4.61. The minimum Gasteiger partial charge on any atom is -0.372 e. The Labute approximate surface area is 102 Å². The van der Waals surface area contributed by atoms with Crippen LogP contribution in [0.25, 0.3) is 0 Å². The summed E-state index contributed by atoms with van der Waals surface area (Å²) < 4.78 is 52.6. The van der Waals surface area contributed by atoms with Crippen molar-refractivity contribution in [3.05, 3.63) is 35.1 Å². The van der Waals surface area contributed by atoms with E-state index in [0.29, 0.717) is 5.56 Å². The van der Waals surface area contributed by atoms with Crippen molar-refractivity contribution in [1.82, 2.24) is 0 Å². The number of carbonyl (C=O) groups is 1. The monoisotopic (exact) mass is 264 g/mol. The van der Waals surface area contributed by atoms with Gasteiger partial charge in [-0.2, -0.15) is 13.2 Å². The molecule has 0 spiro atoms. The molecule has 6 heteroatoms. The van der Waals surface area contributed by atoms with E-state index in [9.17, 15) is 22.4 Å². The fourth-order valence-corrected chi connectivity index (χ4v) is 1.39. The molecule has 0 heterocycles. The summed E-state index contributed by atoms with van der Waals surface area (Å²) in [5.74, 6) is -0.991. The summed E-state index contributed by atoms with van der Waals surface area (Å²) in [5, 5.41) is 0. The van der Waals surface area contributed by atoms with Crippen LogP contribution in [0.3, 0.4) is 0 Å². The Morgan fingerprint density at radius 2 is 1.94 bits per heavy atom. The second-order valence-corrected chi connectivity index (χ2v) is 3.86. The number of hydrogen-bond acceptors (Lipinski definition) is 2. The molecule has 0 amide bonds. The lowest BCUT2D eigenvalue weighted by Crippen LogP contribution is -2.18. The van der Waals surface area contributed by atoms with Gasteiger partial charge in [-0.25, -0.2) is 4.39 Å². The minimum atomic E-state index is -4.40. The zero-order valence-electron chi connectivity index (χ0n) is 9.68. The first kappa shape index (κ1) is 14.6. The van der Waals surface area contributed by atoms with E-state index >= 15 is 0 Å². The number of carbonyl (C=O) groups excluding carboxylic acids is 1. The topological polar surface area (TPSA) is 26.3 Å². The molecule has 0 atom stereocenters. The lowest BCUT2D eigenvalue weighted by molar-refractivity contribution is -0.173. The van der Waals surface area contributed by atoms with Crippen LogP contribution in [0.1, 0.15) is 22.3 Å². The number of alkyl halides is 3. The van der Waals surface area contributed by atoms with Gasteiger partial charge in [-0.1, -0.05) is 0 Å². The molecule has 0 aliphatic carbocycles. The van der Waals surface area contributed by atoms with Crippen molar-refractivity contribution < 1.29 is 27.1 Å². The molecule has 0 aliphatic heterocycles. The van der Waals surface area contributed by atoms with E-state index in [1.165, 1.54) is 12.1 Å². The van der Waals surface area contributed by atoms with Crippen LogP contribution >= 0.6 is 0 Å². The van der Waals surface area contributed by atoms with E-state index in [1.807, 2.05) is 0 Å². The molecule has 0 radical (unpaired) electrons. The van der Waals surface area contributed by atoms with Gasteiger partial charge in [0.2, 0.25) is 0 Å². The van der Waals surface area contributed by atoms with Crippen LogP contribution < -0.4 is 0 Å². The lowest BCUT2D eigenvalue weighted by atomic mass is 10.1. The first-order chi connectivity index (χ1) is 8.28. The number of aryl methyl sites for hydroxylation is 1. The highest BCUT2D eigenvalue weighted by Gasteiger charge is 2.27. The second-order valence-electron chi connectivity index (χ2n) is 3.86. The number of rotatable bonds is 5. The molecule has 0 fully saturated rings. The Morgan fingerprint density at radius 1 is 1.28 bits per heavy atom. The lowest BCUT2D eigenvalue weighted by Gasteiger charge is -2.07. The molecular formula is C12H12F4O2. The fourth-order valence-electron chi connectivity index (χ4n) is 1.39. The van der Waals surface area contributed by atoms with Crippen molar-refractivity contribution in [1.29, 1.82) is 0 Å². The summed E-state index contributed by atoms with van der Waals surface area (Å²) in [4.78, 5) is 11.5. The van der Waals surface area contributed by atoms with Gasteiger partial charge >= 0.3 is 6.18 Å². The van der Waals surface area contributed by atoms with E-state index in [2.05, 4.69) is 4.74 Å². The minimum absolute atomic E-state index is 0.142. The Hall–Kier alpha value is -1.43. The smallest absolute Gasteiger partial charge is 0.372 e. The molecule has 0 unspecified atom stereocenters. The van der Waals surface area contributed by atoms with E-state index in [4.69, 9.17) is 0 Å². The molecule has 18 heavy (non-hydrogen) atoms. The molecule has 100 valence electrons. The molecule has 2 nitrogen and oxygen atoms in total. The van der Waals surface area contributed by atoms with Crippen molar-refractivity contribution in [3.63, 3.8) is 0 Å². The average Bonchev–Trinajstić information content (AvgIpc) is 2.21. The first-order valence-electron chi connectivity index (χ1n) is 5.23. The van der Waals surface area contributed by atoms with Gasteiger partial charge < -0.3 is 4.74 Å². The largest absolute Gasteiger partial charge is 0.411 e. The summed E-state index contributed by atoms with van der Waals surface area (Å²) in [6.45, 7) is -0.101. The van der Waals surface area contributed by atoms with Crippen molar-refractivity contribution in [2.45, 2.75) is 19.5 Å². The molecule has 0 aliphatic rings. The van der Waals surface area contributed by atoms with Gasteiger partial charge in [0.15, 0.2) is 5.78 Å². The summed E-state index contributed by atoms with van der Waals surface area (Å²) in [6, 6.07) is 3.80. The van der Waals surface area contributed by atoms with Gasteiger partial charge in [0.25, 0.3) is 0 Å². The van der Waals surface area contributed by atoms with Crippen LogP contribution in [0.2, 0.25) is 0 Å². The Morgan fingerprint density at radius 3 is 2.50 bits per heavy atom. The third kappa shape index (κ3) is 5.27. The van der Waals surface area contributed by atoms with Crippen molar-refractivity contribution in [3.8, 4) is 0 Å². The fraction of sp³-hybridized carbons (Fsp3) is 0.417. The van der Waals surface area contributed by atoms with Crippen LogP contribution in [-0.4, -0.2) is 25.2 Å². The standard InChI is InChI=1S/C12H12F4O2/c1-8-4-9(6-10(13)5-8)11(17)2-3-18-7-12(14,15)16/h4-6H,2-3,7H2,1H3. The van der Waals surface area contributed by atoms with Gasteiger partial charge in [-0.15, -0.1) is 0 Å². The highest BCUT2D eigenvalue weighted by molar-refractivity contribution is 5.96. The normalized spacial score (nSPS) is 11.6. The quantitative estimate of drug-likeness (QED) is 0.463. The predicted molar refractivity (Wildman–Crippen MR) is 57.0 cm³/mol. The van der Waals surface area contributed by atoms with Crippen LogP contribution in [0.15, 0.2) is 18.2 Å². The van der Waals surface area contributed by atoms with E-state index in [1.54, 1.807) is 6.92 Å². The molecule has 0 aromatic heterocycles. The molecule has 1 aromatic carbocycles. The Bertz CT molecular complexity index is 406. The maximum atomic E-state index is 13.0. The van der Waals surface area contributed by atoms with Gasteiger partial charge in [0.1, 0.15) is 12.4 Å². The molecule has 1 aromatic rings. The third-order valence-corrected chi connectivity index (χ3v) is 2.10. The Balaban J connectivity index is 2.46. The van der Waals surface area contributed by atoms with Gasteiger partial charge in [0.05, 0.1) is 6.61 Å². The molecule has 0 bridgehead atoms. The van der Waals surface area contributed by atoms with Gasteiger partial charge in [0, 0.05) is 12.0 Å². The molecule has 0 N–H and O–H groups in total. The second kappa shape index (κ2) is 5.95. The zero-order chi connectivity index (χ0) is 13.8. The van der Waals surface area contributed by atoms with Crippen LogP contribution in [-0.2, 0) is 4.74 Å². The van der Waals surface area contributed by atoms with E-state index < -0.39 is 24.4 Å². The number of halogens is 4. The highest BCUT2D eigenvalue weighted by atomic mass is 19.4. The zero-order valence-corrected chi connectivity index (χ0v) is 9.68. The summed E-state index contributed by atoms with van der Waals surface area (Å²) in [7, 11) is 0. The van der Waals surface area contributed by atoms with Crippen LogP contribution in [0.4, 0.5) is 17.6 Å². The number of hydrogen-bond donors (Lipinski definition) is 0. The molecule has 0 saturated heterocycles. The van der Waals surface area contributed by atoms with Gasteiger partial charge in [-0.05, 0) is 30.7 Å². The molecule has 0 saturated carbocycles. The highest BCUT2D eigenvalue weighted by Crippen LogP contribution is 2.15.